The standard InChI is InChI=1S/C17H32N6O2/c1-8-12(3)20-17(19-11-15(24)22(4)5)18-10-13-14(9-2)21-23(6)16(13)25-7/h12H,8-11H2,1-7H3,(H2,18,19,20). The van der Waals surface area contributed by atoms with E-state index in [0.717, 1.165) is 24.1 Å². The average molecular weight is 352 g/mol. The van der Waals surface area contributed by atoms with Crippen molar-refractivity contribution in [2.45, 2.75) is 46.2 Å². The number of carbonyl (C=O) groups is 1. The Balaban J connectivity index is 2.96. The summed E-state index contributed by atoms with van der Waals surface area (Å²) >= 11 is 0. The molecule has 0 aliphatic heterocycles. The van der Waals surface area contributed by atoms with E-state index in [0.29, 0.717) is 18.4 Å². The molecule has 0 radical (unpaired) electrons. The first-order chi connectivity index (χ1) is 11.8. The van der Waals surface area contributed by atoms with Gasteiger partial charge in [0.2, 0.25) is 11.8 Å². The number of aliphatic imine (C=N–C) groups is 1. The molecule has 0 aliphatic rings. The molecule has 1 rings (SSSR count). The molecule has 0 aliphatic carbocycles. The molecule has 142 valence electrons. The molecule has 0 saturated heterocycles. The van der Waals surface area contributed by atoms with Gasteiger partial charge in [0.05, 0.1) is 31.5 Å². The highest BCUT2D eigenvalue weighted by Crippen LogP contribution is 2.22. The quantitative estimate of drug-likeness (QED) is 0.537. The van der Waals surface area contributed by atoms with Gasteiger partial charge in [0, 0.05) is 27.2 Å². The summed E-state index contributed by atoms with van der Waals surface area (Å²) in [6.07, 6.45) is 1.77. The van der Waals surface area contributed by atoms with Crippen LogP contribution in [0.25, 0.3) is 0 Å². The maximum Gasteiger partial charge on any atom is 0.241 e. The van der Waals surface area contributed by atoms with Crippen LogP contribution in [-0.4, -0.2) is 60.3 Å². The lowest BCUT2D eigenvalue weighted by molar-refractivity contribution is -0.127. The summed E-state index contributed by atoms with van der Waals surface area (Å²) in [5.74, 6) is 1.32. The number of nitrogens with zero attached hydrogens (tertiary/aromatic N) is 4. The highest BCUT2D eigenvalue weighted by molar-refractivity contribution is 5.86. The number of likely N-dealkylation sites (N-methyl/N-ethyl adjacent to an activating group) is 1. The van der Waals surface area contributed by atoms with E-state index in [1.165, 1.54) is 0 Å². The maximum absolute atomic E-state index is 11.8. The highest BCUT2D eigenvalue weighted by atomic mass is 16.5. The van der Waals surface area contributed by atoms with Crippen molar-refractivity contribution in [2.75, 3.05) is 27.7 Å². The lowest BCUT2D eigenvalue weighted by Gasteiger charge is -2.18. The Morgan fingerprint density at radius 2 is 2.08 bits per heavy atom. The molecule has 0 aromatic carbocycles. The summed E-state index contributed by atoms with van der Waals surface area (Å²) in [7, 11) is 6.96. The minimum Gasteiger partial charge on any atom is -0.481 e. The molecule has 1 unspecified atom stereocenters. The van der Waals surface area contributed by atoms with Crippen molar-refractivity contribution in [3.63, 3.8) is 0 Å². The van der Waals surface area contributed by atoms with Crippen molar-refractivity contribution in [2.24, 2.45) is 12.0 Å². The molecule has 8 heteroatoms. The molecule has 1 amide bonds. The van der Waals surface area contributed by atoms with Gasteiger partial charge in [-0.15, -0.1) is 0 Å². The second kappa shape index (κ2) is 9.90. The van der Waals surface area contributed by atoms with E-state index >= 15 is 0 Å². The molecule has 0 spiro atoms. The van der Waals surface area contributed by atoms with E-state index in [4.69, 9.17) is 4.74 Å². The van der Waals surface area contributed by atoms with Crippen LogP contribution in [0.15, 0.2) is 4.99 Å². The molecular weight excluding hydrogens is 320 g/mol. The SMILES string of the molecule is CCc1nn(C)c(OC)c1CN=C(NCC(=O)N(C)C)NC(C)CC. The van der Waals surface area contributed by atoms with Crippen LogP contribution in [-0.2, 0) is 24.8 Å². The fourth-order valence-corrected chi connectivity index (χ4v) is 2.27. The molecule has 0 bridgehead atoms. The zero-order chi connectivity index (χ0) is 19.0. The van der Waals surface area contributed by atoms with Gasteiger partial charge in [0.25, 0.3) is 0 Å². The van der Waals surface area contributed by atoms with E-state index in [2.05, 4.69) is 41.5 Å². The highest BCUT2D eigenvalue weighted by Gasteiger charge is 2.16. The number of amides is 1. The number of aryl methyl sites for hydroxylation is 2. The molecule has 2 N–H and O–H groups in total. The summed E-state index contributed by atoms with van der Waals surface area (Å²) in [5, 5.41) is 10.9. The summed E-state index contributed by atoms with van der Waals surface area (Å²) < 4.78 is 7.18. The number of hydrogen-bond donors (Lipinski definition) is 2. The Morgan fingerprint density at radius 3 is 2.60 bits per heavy atom. The molecule has 0 fully saturated rings. The van der Waals surface area contributed by atoms with E-state index < -0.39 is 0 Å². The van der Waals surface area contributed by atoms with Crippen LogP contribution >= 0.6 is 0 Å². The van der Waals surface area contributed by atoms with Gasteiger partial charge in [0.1, 0.15) is 0 Å². The zero-order valence-corrected chi connectivity index (χ0v) is 16.5. The van der Waals surface area contributed by atoms with Crippen LogP contribution in [0.4, 0.5) is 0 Å². The molecule has 8 nitrogen and oxygen atoms in total. The maximum atomic E-state index is 11.8. The van der Waals surface area contributed by atoms with Crippen molar-refractivity contribution < 1.29 is 9.53 Å². The van der Waals surface area contributed by atoms with Gasteiger partial charge in [-0.3, -0.25) is 4.79 Å². The lowest BCUT2D eigenvalue weighted by Crippen LogP contribution is -2.45. The Labute approximate surface area is 150 Å². The van der Waals surface area contributed by atoms with Gasteiger partial charge in [-0.05, 0) is 19.8 Å². The van der Waals surface area contributed by atoms with Crippen LogP contribution in [0.2, 0.25) is 0 Å². The average Bonchev–Trinajstić information content (AvgIpc) is 2.91. The number of nitrogens with one attached hydrogen (secondary N) is 2. The first-order valence-electron chi connectivity index (χ1n) is 8.67. The second-order valence-corrected chi connectivity index (χ2v) is 6.17. The van der Waals surface area contributed by atoms with Gasteiger partial charge >= 0.3 is 0 Å². The number of rotatable bonds is 8. The molecule has 0 saturated carbocycles. The topological polar surface area (TPSA) is 83.8 Å². The third-order valence-corrected chi connectivity index (χ3v) is 4.00. The van der Waals surface area contributed by atoms with E-state index in [9.17, 15) is 4.79 Å². The lowest BCUT2D eigenvalue weighted by atomic mass is 10.2. The number of ether oxygens (including phenoxy) is 1. The van der Waals surface area contributed by atoms with Gasteiger partial charge < -0.3 is 20.3 Å². The summed E-state index contributed by atoms with van der Waals surface area (Å²) in [6.45, 7) is 6.86. The van der Waals surface area contributed by atoms with Crippen molar-refractivity contribution >= 4 is 11.9 Å². The number of aromatic nitrogens is 2. The smallest absolute Gasteiger partial charge is 0.241 e. The van der Waals surface area contributed by atoms with Gasteiger partial charge in [-0.25, -0.2) is 9.67 Å². The van der Waals surface area contributed by atoms with Gasteiger partial charge in [-0.2, -0.15) is 5.10 Å². The molecular formula is C17H32N6O2. The zero-order valence-electron chi connectivity index (χ0n) is 16.5. The van der Waals surface area contributed by atoms with Crippen LogP contribution in [0.1, 0.15) is 38.4 Å². The molecule has 1 aromatic heterocycles. The van der Waals surface area contributed by atoms with Crippen molar-refractivity contribution in [3.8, 4) is 5.88 Å². The minimum absolute atomic E-state index is 0.00754. The molecule has 1 aromatic rings. The van der Waals surface area contributed by atoms with Crippen molar-refractivity contribution in [3.05, 3.63) is 11.3 Å². The fraction of sp³-hybridized carbons (Fsp3) is 0.706. The first-order valence-corrected chi connectivity index (χ1v) is 8.67. The second-order valence-electron chi connectivity index (χ2n) is 6.17. The number of carbonyl (C=O) groups excluding carboxylic acids is 1. The van der Waals surface area contributed by atoms with Crippen LogP contribution in [0.5, 0.6) is 5.88 Å². The first kappa shape index (κ1) is 20.8. The third kappa shape index (κ3) is 5.95. The van der Waals surface area contributed by atoms with Crippen molar-refractivity contribution in [1.82, 2.24) is 25.3 Å². The Morgan fingerprint density at radius 1 is 1.40 bits per heavy atom. The van der Waals surface area contributed by atoms with E-state index in [-0.39, 0.29) is 18.5 Å². The monoisotopic (exact) mass is 352 g/mol. The normalized spacial score (nSPS) is 12.7. The largest absolute Gasteiger partial charge is 0.481 e. The fourth-order valence-electron chi connectivity index (χ4n) is 2.27. The van der Waals surface area contributed by atoms with Gasteiger partial charge in [-0.1, -0.05) is 13.8 Å². The predicted molar refractivity (Wildman–Crippen MR) is 99.9 cm³/mol. The van der Waals surface area contributed by atoms with E-state index in [1.807, 2.05) is 7.05 Å². The molecule has 1 atom stereocenters. The number of guanidine groups is 1. The minimum atomic E-state index is -0.00754. The number of hydrogen-bond acceptors (Lipinski definition) is 4. The van der Waals surface area contributed by atoms with Gasteiger partial charge in [0.15, 0.2) is 5.96 Å². The van der Waals surface area contributed by atoms with E-state index in [1.54, 1.807) is 30.8 Å². The number of methoxy groups -OCH3 is 1. The Hall–Kier alpha value is -2.25. The van der Waals surface area contributed by atoms with Crippen LogP contribution in [0, 0.1) is 0 Å². The summed E-state index contributed by atoms with van der Waals surface area (Å²) in [6, 6.07) is 0.252. The Bertz CT molecular complexity index is 594. The van der Waals surface area contributed by atoms with Crippen LogP contribution in [0.3, 0.4) is 0 Å². The Kier molecular flexibility index (Phi) is 8.24. The summed E-state index contributed by atoms with van der Waals surface area (Å²) in [4.78, 5) is 18.0. The third-order valence-electron chi connectivity index (χ3n) is 4.00. The van der Waals surface area contributed by atoms with Crippen LogP contribution < -0.4 is 15.4 Å². The van der Waals surface area contributed by atoms with Crippen molar-refractivity contribution in [1.29, 1.82) is 0 Å². The predicted octanol–water partition coefficient (Wildman–Crippen LogP) is 0.913. The summed E-state index contributed by atoms with van der Waals surface area (Å²) in [5.41, 5.74) is 1.94. The molecule has 1 heterocycles. The molecule has 25 heavy (non-hydrogen) atoms.